The van der Waals surface area contributed by atoms with Crippen LogP contribution in [0.25, 0.3) is 11.4 Å². The molecule has 0 saturated carbocycles. The van der Waals surface area contributed by atoms with E-state index in [-0.39, 0.29) is 5.56 Å². The Morgan fingerprint density at radius 1 is 1.20 bits per heavy atom. The summed E-state index contributed by atoms with van der Waals surface area (Å²) in [6.07, 6.45) is 0.787. The molecule has 1 aliphatic heterocycles. The van der Waals surface area contributed by atoms with E-state index in [0.717, 1.165) is 47.7 Å². The SMILES string of the molecule is Cc1n[nH]c(C)c1CN1CCc2nc(-c3ccccc3)[nH]c(=O)c2C1. The minimum atomic E-state index is -0.0332. The van der Waals surface area contributed by atoms with Crippen LogP contribution in [-0.2, 0) is 19.5 Å². The summed E-state index contributed by atoms with van der Waals surface area (Å²) in [5.41, 5.74) is 5.94. The third kappa shape index (κ3) is 3.00. The van der Waals surface area contributed by atoms with Gasteiger partial charge in [0.2, 0.25) is 0 Å². The van der Waals surface area contributed by atoms with Crippen LogP contribution in [0.5, 0.6) is 0 Å². The zero-order valence-electron chi connectivity index (χ0n) is 14.5. The first-order chi connectivity index (χ1) is 12.1. The molecule has 0 saturated heterocycles. The highest BCUT2D eigenvalue weighted by atomic mass is 16.1. The average molecular weight is 335 g/mol. The predicted octanol–water partition coefficient (Wildman–Crippen LogP) is 2.34. The molecule has 4 rings (SSSR count). The second kappa shape index (κ2) is 6.29. The minimum absolute atomic E-state index is 0.0332. The lowest BCUT2D eigenvalue weighted by Gasteiger charge is -2.27. The number of rotatable bonds is 3. The van der Waals surface area contributed by atoms with Gasteiger partial charge in [0.15, 0.2) is 0 Å². The number of hydrogen-bond donors (Lipinski definition) is 2. The Kier molecular flexibility index (Phi) is 3.97. The van der Waals surface area contributed by atoms with E-state index < -0.39 is 0 Å². The Bertz CT molecular complexity index is 938. The Balaban J connectivity index is 1.61. The minimum Gasteiger partial charge on any atom is -0.306 e. The zero-order chi connectivity index (χ0) is 17.4. The zero-order valence-corrected chi connectivity index (χ0v) is 14.5. The second-order valence-corrected chi connectivity index (χ2v) is 6.58. The molecule has 0 spiro atoms. The van der Waals surface area contributed by atoms with E-state index >= 15 is 0 Å². The lowest BCUT2D eigenvalue weighted by atomic mass is 10.0. The van der Waals surface area contributed by atoms with Gasteiger partial charge in [-0.25, -0.2) is 4.98 Å². The van der Waals surface area contributed by atoms with E-state index in [2.05, 4.69) is 20.1 Å². The van der Waals surface area contributed by atoms with Gasteiger partial charge in [-0.05, 0) is 13.8 Å². The molecular formula is C19H21N5O. The van der Waals surface area contributed by atoms with Crippen LogP contribution in [0.4, 0.5) is 0 Å². The van der Waals surface area contributed by atoms with E-state index in [1.165, 1.54) is 5.56 Å². The van der Waals surface area contributed by atoms with Crippen molar-refractivity contribution in [2.24, 2.45) is 0 Å². The first-order valence-electron chi connectivity index (χ1n) is 8.52. The van der Waals surface area contributed by atoms with Gasteiger partial charge in [0.25, 0.3) is 5.56 Å². The van der Waals surface area contributed by atoms with Crippen LogP contribution in [0.15, 0.2) is 35.1 Å². The summed E-state index contributed by atoms with van der Waals surface area (Å²) in [6, 6.07) is 9.78. The molecule has 128 valence electrons. The van der Waals surface area contributed by atoms with E-state index in [0.29, 0.717) is 12.4 Å². The number of hydrogen-bond acceptors (Lipinski definition) is 4. The summed E-state index contributed by atoms with van der Waals surface area (Å²) in [7, 11) is 0. The van der Waals surface area contributed by atoms with Crippen LogP contribution in [-0.4, -0.2) is 31.6 Å². The molecule has 0 fully saturated rings. The molecule has 6 heteroatoms. The highest BCUT2D eigenvalue weighted by Gasteiger charge is 2.22. The molecule has 0 atom stereocenters. The molecule has 6 nitrogen and oxygen atoms in total. The fourth-order valence-corrected chi connectivity index (χ4v) is 3.38. The van der Waals surface area contributed by atoms with Gasteiger partial charge >= 0.3 is 0 Å². The molecule has 0 radical (unpaired) electrons. The molecule has 25 heavy (non-hydrogen) atoms. The standard InChI is InChI=1S/C19H21N5O/c1-12-15(13(2)23-22-12)10-24-9-8-17-16(11-24)19(25)21-18(20-17)14-6-4-3-5-7-14/h3-7H,8-11H2,1-2H3,(H,22,23)(H,20,21,25). The number of aromatic nitrogens is 4. The fraction of sp³-hybridized carbons (Fsp3) is 0.316. The molecule has 1 aromatic carbocycles. The number of fused-ring (bicyclic) bond motifs is 1. The van der Waals surface area contributed by atoms with Crippen molar-refractivity contribution in [1.29, 1.82) is 0 Å². The van der Waals surface area contributed by atoms with Crippen LogP contribution < -0.4 is 5.56 Å². The summed E-state index contributed by atoms with van der Waals surface area (Å²) >= 11 is 0. The highest BCUT2D eigenvalue weighted by Crippen LogP contribution is 2.21. The van der Waals surface area contributed by atoms with E-state index in [1.54, 1.807) is 0 Å². The number of aryl methyl sites for hydroxylation is 2. The van der Waals surface area contributed by atoms with Gasteiger partial charge in [0.05, 0.1) is 17.0 Å². The molecule has 0 unspecified atom stereocenters. The van der Waals surface area contributed by atoms with Crippen molar-refractivity contribution < 1.29 is 0 Å². The molecule has 3 aromatic rings. The smallest absolute Gasteiger partial charge is 0.255 e. The van der Waals surface area contributed by atoms with Crippen molar-refractivity contribution in [3.8, 4) is 11.4 Å². The number of aromatic amines is 2. The maximum atomic E-state index is 12.6. The molecule has 2 N–H and O–H groups in total. The molecule has 0 aliphatic carbocycles. The quantitative estimate of drug-likeness (QED) is 0.770. The molecule has 1 aliphatic rings. The van der Waals surface area contributed by atoms with Gasteiger partial charge in [0, 0.05) is 42.9 Å². The normalized spacial score (nSPS) is 14.5. The van der Waals surface area contributed by atoms with Crippen molar-refractivity contribution >= 4 is 0 Å². The van der Waals surface area contributed by atoms with Crippen molar-refractivity contribution in [1.82, 2.24) is 25.1 Å². The number of nitrogens with zero attached hydrogens (tertiary/aromatic N) is 3. The largest absolute Gasteiger partial charge is 0.306 e. The molecule has 3 heterocycles. The summed E-state index contributed by atoms with van der Waals surface area (Å²) in [5, 5.41) is 7.28. The summed E-state index contributed by atoms with van der Waals surface area (Å²) in [6.45, 7) is 6.36. The Morgan fingerprint density at radius 3 is 2.72 bits per heavy atom. The van der Waals surface area contributed by atoms with Gasteiger partial charge < -0.3 is 4.98 Å². The summed E-state index contributed by atoms with van der Waals surface area (Å²) in [5.74, 6) is 0.652. The summed E-state index contributed by atoms with van der Waals surface area (Å²) in [4.78, 5) is 22.5. The maximum Gasteiger partial charge on any atom is 0.255 e. The maximum absolute atomic E-state index is 12.6. The molecule has 0 amide bonds. The first kappa shape index (κ1) is 15.8. The van der Waals surface area contributed by atoms with Crippen LogP contribution in [0.1, 0.15) is 28.2 Å². The number of H-pyrrole nitrogens is 2. The molecular weight excluding hydrogens is 314 g/mol. The first-order valence-corrected chi connectivity index (χ1v) is 8.52. The average Bonchev–Trinajstić information content (AvgIpc) is 2.95. The van der Waals surface area contributed by atoms with Crippen LogP contribution in [0, 0.1) is 13.8 Å². The third-order valence-electron chi connectivity index (χ3n) is 4.86. The van der Waals surface area contributed by atoms with Gasteiger partial charge in [-0.15, -0.1) is 0 Å². The van der Waals surface area contributed by atoms with Crippen LogP contribution in [0.2, 0.25) is 0 Å². The van der Waals surface area contributed by atoms with Crippen LogP contribution in [0.3, 0.4) is 0 Å². The van der Waals surface area contributed by atoms with Gasteiger partial charge in [-0.1, -0.05) is 30.3 Å². The lowest BCUT2D eigenvalue weighted by Crippen LogP contribution is -2.35. The Hall–Kier alpha value is -2.73. The van der Waals surface area contributed by atoms with Gasteiger partial charge in [0.1, 0.15) is 5.82 Å². The predicted molar refractivity (Wildman–Crippen MR) is 96.2 cm³/mol. The van der Waals surface area contributed by atoms with E-state index in [1.807, 2.05) is 44.2 Å². The second-order valence-electron chi connectivity index (χ2n) is 6.58. The fourth-order valence-electron chi connectivity index (χ4n) is 3.38. The van der Waals surface area contributed by atoms with E-state index in [4.69, 9.17) is 4.98 Å². The third-order valence-corrected chi connectivity index (χ3v) is 4.86. The summed E-state index contributed by atoms with van der Waals surface area (Å²) < 4.78 is 0. The topological polar surface area (TPSA) is 77.7 Å². The van der Waals surface area contributed by atoms with Crippen LogP contribution >= 0.6 is 0 Å². The lowest BCUT2D eigenvalue weighted by molar-refractivity contribution is 0.241. The highest BCUT2D eigenvalue weighted by molar-refractivity contribution is 5.54. The number of benzene rings is 1. The van der Waals surface area contributed by atoms with Gasteiger partial charge in [-0.3, -0.25) is 14.8 Å². The Labute approximate surface area is 145 Å². The van der Waals surface area contributed by atoms with E-state index in [9.17, 15) is 4.79 Å². The molecule has 2 aromatic heterocycles. The van der Waals surface area contributed by atoms with Crippen molar-refractivity contribution in [2.45, 2.75) is 33.4 Å². The molecule has 0 bridgehead atoms. The van der Waals surface area contributed by atoms with Crippen molar-refractivity contribution in [3.05, 3.63) is 68.9 Å². The monoisotopic (exact) mass is 335 g/mol. The number of nitrogens with one attached hydrogen (secondary N) is 2. The van der Waals surface area contributed by atoms with Crippen molar-refractivity contribution in [2.75, 3.05) is 6.54 Å². The van der Waals surface area contributed by atoms with Gasteiger partial charge in [-0.2, -0.15) is 5.10 Å². The van der Waals surface area contributed by atoms with Crippen molar-refractivity contribution in [3.63, 3.8) is 0 Å². The Morgan fingerprint density at radius 2 is 2.00 bits per heavy atom.